The van der Waals surface area contributed by atoms with E-state index >= 15 is 0 Å². The van der Waals surface area contributed by atoms with Crippen molar-refractivity contribution in [2.75, 3.05) is 19.8 Å². The van der Waals surface area contributed by atoms with Crippen LogP contribution in [0.2, 0.25) is 6.04 Å². The highest BCUT2D eigenvalue weighted by molar-refractivity contribution is 7.07. The topological polar surface area (TPSA) is 31.6 Å². The fraction of sp³-hybridized carbons (Fsp3) is 0.786. The van der Waals surface area contributed by atoms with E-state index in [1.165, 1.54) is 5.69 Å². The molecule has 0 saturated carbocycles. The molecule has 0 aliphatic heterocycles. The van der Waals surface area contributed by atoms with Crippen LogP contribution in [0.4, 0.5) is 0 Å². The molecule has 0 amide bonds. The van der Waals surface area contributed by atoms with Gasteiger partial charge in [-0.05, 0) is 27.2 Å². The molecule has 0 radical (unpaired) electrons. The predicted octanol–water partition coefficient (Wildman–Crippen LogP) is 3.17. The van der Waals surface area contributed by atoms with Crippen LogP contribution in [0.3, 0.4) is 0 Å². The first-order valence-corrected chi connectivity index (χ1v) is 10.4. The van der Waals surface area contributed by atoms with Gasteiger partial charge in [-0.15, -0.1) is 0 Å². The molecular formula is C14H28NO3SSi+. The summed E-state index contributed by atoms with van der Waals surface area (Å²) in [7, 11) is -2.44. The van der Waals surface area contributed by atoms with Gasteiger partial charge in [0.05, 0.1) is 5.38 Å². The lowest BCUT2D eigenvalue weighted by molar-refractivity contribution is -0.698. The van der Waals surface area contributed by atoms with Crippen LogP contribution in [0.5, 0.6) is 0 Å². The molecule has 1 rings (SSSR count). The molecule has 0 fully saturated rings. The Hall–Kier alpha value is -0.273. The zero-order chi connectivity index (χ0) is 14.8. The number of rotatable bonds is 11. The van der Waals surface area contributed by atoms with Gasteiger partial charge in [-0.2, -0.15) is 4.57 Å². The predicted molar refractivity (Wildman–Crippen MR) is 83.9 cm³/mol. The highest BCUT2D eigenvalue weighted by atomic mass is 32.1. The Kier molecular flexibility index (Phi) is 8.56. The van der Waals surface area contributed by atoms with Crippen LogP contribution in [0.25, 0.3) is 0 Å². The number of aryl methyl sites for hydroxylation is 2. The highest BCUT2D eigenvalue weighted by Gasteiger charge is 2.39. The Balaban J connectivity index is 2.42. The van der Waals surface area contributed by atoms with Crippen molar-refractivity contribution in [2.24, 2.45) is 0 Å². The second-order valence-electron chi connectivity index (χ2n) is 4.63. The monoisotopic (exact) mass is 318 g/mol. The van der Waals surface area contributed by atoms with Gasteiger partial charge in [-0.1, -0.05) is 11.3 Å². The molecule has 0 spiro atoms. The Bertz CT molecular complexity index is 356. The second-order valence-corrected chi connectivity index (χ2v) is 8.08. The number of hydrogen-bond donors (Lipinski definition) is 0. The second kappa shape index (κ2) is 9.62. The third kappa shape index (κ3) is 5.61. The third-order valence-electron chi connectivity index (χ3n) is 3.10. The first-order chi connectivity index (χ1) is 9.67. The average molecular weight is 319 g/mol. The molecule has 6 heteroatoms. The Labute approximate surface area is 128 Å². The third-order valence-corrected chi connectivity index (χ3v) is 7.11. The van der Waals surface area contributed by atoms with Crippen LogP contribution in [0, 0.1) is 6.92 Å². The maximum atomic E-state index is 5.86. The smallest absolute Gasteiger partial charge is 0.374 e. The lowest BCUT2D eigenvalue weighted by Gasteiger charge is -2.28. The van der Waals surface area contributed by atoms with Crippen LogP contribution in [0.1, 0.15) is 39.3 Å². The molecule has 20 heavy (non-hydrogen) atoms. The first-order valence-electron chi connectivity index (χ1n) is 7.51. The fourth-order valence-electron chi connectivity index (χ4n) is 2.21. The molecule has 4 nitrogen and oxygen atoms in total. The van der Waals surface area contributed by atoms with Crippen LogP contribution in [-0.2, 0) is 19.8 Å². The summed E-state index contributed by atoms with van der Waals surface area (Å²) in [5, 5.41) is 2.18. The van der Waals surface area contributed by atoms with Gasteiger partial charge in [0.1, 0.15) is 6.54 Å². The summed E-state index contributed by atoms with van der Waals surface area (Å²) in [5.41, 5.74) is 3.51. The lowest BCUT2D eigenvalue weighted by Crippen LogP contribution is -2.46. The lowest BCUT2D eigenvalue weighted by atomic mass is 10.3. The Morgan fingerprint density at radius 1 is 1.05 bits per heavy atom. The van der Waals surface area contributed by atoms with E-state index < -0.39 is 8.80 Å². The number of unbranched alkanes of at least 4 members (excludes halogenated alkanes) is 1. The van der Waals surface area contributed by atoms with Crippen molar-refractivity contribution >= 4 is 20.1 Å². The largest absolute Gasteiger partial charge is 0.500 e. The number of aromatic nitrogens is 1. The van der Waals surface area contributed by atoms with Gasteiger partial charge in [0.15, 0.2) is 5.69 Å². The van der Waals surface area contributed by atoms with E-state index in [4.69, 9.17) is 13.3 Å². The van der Waals surface area contributed by atoms with Crippen molar-refractivity contribution < 1.29 is 17.8 Å². The molecule has 0 saturated heterocycles. The molecule has 0 bridgehead atoms. The van der Waals surface area contributed by atoms with E-state index in [2.05, 4.69) is 22.4 Å². The minimum absolute atomic E-state index is 0.657. The maximum Gasteiger partial charge on any atom is 0.500 e. The van der Waals surface area contributed by atoms with Crippen LogP contribution >= 0.6 is 11.3 Å². The number of hydrogen-bond acceptors (Lipinski definition) is 4. The van der Waals surface area contributed by atoms with Crippen molar-refractivity contribution in [3.8, 4) is 0 Å². The molecule has 1 heterocycles. The van der Waals surface area contributed by atoms with Crippen molar-refractivity contribution in [3.63, 3.8) is 0 Å². The van der Waals surface area contributed by atoms with E-state index in [-0.39, 0.29) is 0 Å². The van der Waals surface area contributed by atoms with E-state index in [0.29, 0.717) is 19.8 Å². The molecule has 1 aromatic heterocycles. The van der Waals surface area contributed by atoms with Crippen molar-refractivity contribution in [2.45, 2.75) is 53.1 Å². The normalized spacial score (nSPS) is 12.0. The minimum atomic E-state index is -2.44. The van der Waals surface area contributed by atoms with Crippen LogP contribution in [0.15, 0.2) is 10.9 Å². The molecule has 0 atom stereocenters. The molecule has 0 unspecified atom stereocenters. The average Bonchev–Trinajstić information content (AvgIpc) is 2.81. The molecule has 1 aromatic rings. The number of nitrogens with zero attached hydrogens (tertiary/aromatic N) is 1. The quantitative estimate of drug-likeness (QED) is 0.357. The summed E-state index contributed by atoms with van der Waals surface area (Å²) < 4.78 is 19.9. The summed E-state index contributed by atoms with van der Waals surface area (Å²) >= 11 is 1.75. The van der Waals surface area contributed by atoms with E-state index in [1.807, 2.05) is 20.8 Å². The van der Waals surface area contributed by atoms with Gasteiger partial charge >= 0.3 is 8.80 Å². The summed E-state index contributed by atoms with van der Waals surface area (Å²) in [6, 6.07) is 0.909. The van der Waals surface area contributed by atoms with Crippen molar-refractivity contribution in [3.05, 3.63) is 16.6 Å². The number of thiazole rings is 1. The Morgan fingerprint density at radius 2 is 1.65 bits per heavy atom. The fourth-order valence-corrected chi connectivity index (χ4v) is 5.70. The summed E-state index contributed by atoms with van der Waals surface area (Å²) in [6.45, 7) is 11.2. The van der Waals surface area contributed by atoms with Crippen molar-refractivity contribution in [1.29, 1.82) is 0 Å². The summed E-state index contributed by atoms with van der Waals surface area (Å²) in [5.74, 6) is 0. The Morgan fingerprint density at radius 3 is 2.10 bits per heavy atom. The molecule has 0 aliphatic carbocycles. The summed E-state index contributed by atoms with van der Waals surface area (Å²) in [6.07, 6.45) is 2.21. The molecule has 0 N–H and O–H groups in total. The van der Waals surface area contributed by atoms with E-state index in [1.54, 1.807) is 11.3 Å². The van der Waals surface area contributed by atoms with Gasteiger partial charge in [0.25, 0.3) is 0 Å². The van der Waals surface area contributed by atoms with Crippen molar-refractivity contribution in [1.82, 2.24) is 0 Å². The SMILES string of the molecule is CCO[Si](CCCC[n+]1cscc1C)(OCC)OCC. The summed E-state index contributed by atoms with van der Waals surface area (Å²) in [4.78, 5) is 0. The molecule has 0 aromatic carbocycles. The van der Waals surface area contributed by atoms with Gasteiger partial charge in [0, 0.05) is 39.2 Å². The standard InChI is InChI=1S/C14H28NO3SSi/c1-5-16-20(17-6-2,18-7-3)11-9-8-10-15-13-19-12-14(15)4/h12-13H,5-11H2,1-4H3/q+1. The van der Waals surface area contributed by atoms with E-state index in [0.717, 1.165) is 25.4 Å². The highest BCUT2D eigenvalue weighted by Crippen LogP contribution is 2.19. The van der Waals surface area contributed by atoms with Gasteiger partial charge in [-0.3, -0.25) is 0 Å². The van der Waals surface area contributed by atoms with Gasteiger partial charge in [-0.25, -0.2) is 0 Å². The van der Waals surface area contributed by atoms with Gasteiger partial charge < -0.3 is 13.3 Å². The molecule has 116 valence electrons. The van der Waals surface area contributed by atoms with E-state index in [9.17, 15) is 0 Å². The zero-order valence-corrected chi connectivity index (χ0v) is 15.0. The molecule has 0 aliphatic rings. The zero-order valence-electron chi connectivity index (χ0n) is 13.2. The van der Waals surface area contributed by atoms with Gasteiger partial charge in [0.2, 0.25) is 5.51 Å². The minimum Gasteiger partial charge on any atom is -0.374 e. The maximum absolute atomic E-state index is 5.86. The van der Waals surface area contributed by atoms with Crippen LogP contribution < -0.4 is 4.57 Å². The first kappa shape index (κ1) is 17.8. The van der Waals surface area contributed by atoms with Crippen LogP contribution in [-0.4, -0.2) is 28.6 Å². The molecular weight excluding hydrogens is 290 g/mol.